The number of hydrogen-bond acceptors (Lipinski definition) is 1. The molecule has 0 aliphatic rings. The normalized spacial score (nSPS) is 10.6. The van der Waals surface area contributed by atoms with Gasteiger partial charge in [0.1, 0.15) is 5.82 Å². The maximum absolute atomic E-state index is 13.9. The molecule has 0 amide bonds. The number of carbonyl (C=O) groups excluding carboxylic acids is 1. The maximum atomic E-state index is 13.9. The maximum Gasteiger partial charge on any atom is 0.199 e. The SMILES string of the molecule is Cc1ccc(Br)cc1C(=O)c1c(F)ccc(Br)c1F. The summed E-state index contributed by atoms with van der Waals surface area (Å²) >= 11 is 6.19. The number of halogens is 4. The Morgan fingerprint density at radius 3 is 2.47 bits per heavy atom. The van der Waals surface area contributed by atoms with Gasteiger partial charge in [0.25, 0.3) is 0 Å². The van der Waals surface area contributed by atoms with Crippen LogP contribution in [0.3, 0.4) is 0 Å². The van der Waals surface area contributed by atoms with Gasteiger partial charge in [0.05, 0.1) is 10.0 Å². The Morgan fingerprint density at radius 2 is 1.79 bits per heavy atom. The van der Waals surface area contributed by atoms with Gasteiger partial charge in [-0.3, -0.25) is 4.79 Å². The molecule has 0 saturated carbocycles. The Hall–Kier alpha value is -1.07. The van der Waals surface area contributed by atoms with Crippen molar-refractivity contribution in [2.24, 2.45) is 0 Å². The number of aryl methyl sites for hydroxylation is 1. The van der Waals surface area contributed by atoms with Crippen molar-refractivity contribution in [1.29, 1.82) is 0 Å². The van der Waals surface area contributed by atoms with Crippen molar-refractivity contribution >= 4 is 37.6 Å². The van der Waals surface area contributed by atoms with Crippen LogP contribution in [0.2, 0.25) is 0 Å². The third-order valence-electron chi connectivity index (χ3n) is 2.72. The lowest BCUT2D eigenvalue weighted by molar-refractivity contribution is 0.103. The molecular weight excluding hydrogens is 382 g/mol. The van der Waals surface area contributed by atoms with Crippen molar-refractivity contribution in [2.45, 2.75) is 6.92 Å². The lowest BCUT2D eigenvalue weighted by atomic mass is 9.98. The van der Waals surface area contributed by atoms with Gasteiger partial charge < -0.3 is 0 Å². The Kier molecular flexibility index (Phi) is 4.16. The van der Waals surface area contributed by atoms with Crippen LogP contribution in [0.15, 0.2) is 39.3 Å². The van der Waals surface area contributed by atoms with Gasteiger partial charge in [0.2, 0.25) is 0 Å². The van der Waals surface area contributed by atoms with Crippen LogP contribution in [0.1, 0.15) is 21.5 Å². The second-order valence-corrected chi connectivity index (χ2v) is 5.78. The molecule has 0 saturated heterocycles. The lowest BCUT2D eigenvalue weighted by Gasteiger charge is -2.08. The molecule has 98 valence electrons. The van der Waals surface area contributed by atoms with Crippen molar-refractivity contribution in [3.63, 3.8) is 0 Å². The summed E-state index contributed by atoms with van der Waals surface area (Å²) in [5.74, 6) is -2.43. The summed E-state index contributed by atoms with van der Waals surface area (Å²) in [6.45, 7) is 1.72. The van der Waals surface area contributed by atoms with Gasteiger partial charge in [-0.25, -0.2) is 8.78 Å². The topological polar surface area (TPSA) is 17.1 Å². The van der Waals surface area contributed by atoms with Gasteiger partial charge in [-0.1, -0.05) is 22.0 Å². The Balaban J connectivity index is 2.63. The first-order valence-electron chi connectivity index (χ1n) is 5.36. The monoisotopic (exact) mass is 388 g/mol. The Morgan fingerprint density at radius 1 is 1.11 bits per heavy atom. The minimum absolute atomic E-state index is 0.0601. The predicted molar refractivity (Wildman–Crippen MR) is 76.4 cm³/mol. The van der Waals surface area contributed by atoms with Crippen molar-refractivity contribution in [3.8, 4) is 0 Å². The Labute approximate surface area is 125 Å². The molecule has 0 unspecified atom stereocenters. The van der Waals surface area contributed by atoms with Crippen LogP contribution in [0.5, 0.6) is 0 Å². The van der Waals surface area contributed by atoms with E-state index in [0.717, 1.165) is 6.07 Å². The highest BCUT2D eigenvalue weighted by molar-refractivity contribution is 9.10. The van der Waals surface area contributed by atoms with E-state index < -0.39 is 23.0 Å². The fourth-order valence-electron chi connectivity index (χ4n) is 1.71. The number of benzene rings is 2. The summed E-state index contributed by atoms with van der Waals surface area (Å²) in [5, 5.41) is 0. The zero-order valence-electron chi connectivity index (χ0n) is 9.81. The molecule has 5 heteroatoms. The molecule has 0 spiro atoms. The molecule has 0 bridgehead atoms. The standard InChI is InChI=1S/C14H8Br2F2O/c1-7-2-3-8(15)6-9(7)14(19)12-11(17)5-4-10(16)13(12)18/h2-6H,1H3. The van der Waals surface area contributed by atoms with E-state index in [2.05, 4.69) is 31.9 Å². The molecule has 2 aromatic rings. The van der Waals surface area contributed by atoms with Crippen molar-refractivity contribution < 1.29 is 13.6 Å². The van der Waals surface area contributed by atoms with E-state index in [1.165, 1.54) is 6.07 Å². The van der Waals surface area contributed by atoms with Gasteiger partial charge in [-0.15, -0.1) is 0 Å². The first kappa shape index (κ1) is 14.3. The van der Waals surface area contributed by atoms with Gasteiger partial charge in [-0.2, -0.15) is 0 Å². The van der Waals surface area contributed by atoms with Crippen molar-refractivity contribution in [3.05, 3.63) is 67.6 Å². The molecule has 0 aliphatic heterocycles. The molecule has 2 aromatic carbocycles. The van der Waals surface area contributed by atoms with E-state index >= 15 is 0 Å². The molecule has 19 heavy (non-hydrogen) atoms. The van der Waals surface area contributed by atoms with Gasteiger partial charge >= 0.3 is 0 Å². The highest BCUT2D eigenvalue weighted by atomic mass is 79.9. The Bertz CT molecular complexity index is 669. The smallest absolute Gasteiger partial charge is 0.199 e. The van der Waals surface area contributed by atoms with Gasteiger partial charge in [0, 0.05) is 10.0 Å². The third-order valence-corrected chi connectivity index (χ3v) is 3.82. The molecule has 0 heterocycles. The molecular formula is C14H8Br2F2O. The summed E-state index contributed by atoms with van der Waals surface area (Å²) in [6.07, 6.45) is 0. The number of hydrogen-bond donors (Lipinski definition) is 0. The van der Waals surface area contributed by atoms with Crippen molar-refractivity contribution in [1.82, 2.24) is 0 Å². The fourth-order valence-corrected chi connectivity index (χ4v) is 2.40. The number of ketones is 1. The van der Waals surface area contributed by atoms with E-state index in [0.29, 0.717) is 10.0 Å². The van der Waals surface area contributed by atoms with E-state index in [4.69, 9.17) is 0 Å². The van der Waals surface area contributed by atoms with Crippen LogP contribution < -0.4 is 0 Å². The van der Waals surface area contributed by atoms with E-state index in [1.807, 2.05) is 0 Å². The second kappa shape index (κ2) is 5.51. The quantitative estimate of drug-likeness (QED) is 0.520. The summed E-state index contributed by atoms with van der Waals surface area (Å²) in [5.41, 5.74) is 0.382. The summed E-state index contributed by atoms with van der Waals surface area (Å²) in [7, 11) is 0. The second-order valence-electron chi connectivity index (χ2n) is 4.01. The van der Waals surface area contributed by atoms with Crippen LogP contribution in [-0.4, -0.2) is 5.78 Å². The van der Waals surface area contributed by atoms with Crippen LogP contribution in [0.25, 0.3) is 0 Å². The molecule has 0 radical (unpaired) electrons. The average molecular weight is 390 g/mol. The number of rotatable bonds is 2. The molecule has 0 aromatic heterocycles. The van der Waals surface area contributed by atoms with Crippen LogP contribution >= 0.6 is 31.9 Å². The van der Waals surface area contributed by atoms with Gasteiger partial charge in [0.15, 0.2) is 11.6 Å². The summed E-state index contributed by atoms with van der Waals surface area (Å²) < 4.78 is 28.4. The lowest BCUT2D eigenvalue weighted by Crippen LogP contribution is -2.09. The highest BCUT2D eigenvalue weighted by Gasteiger charge is 2.22. The van der Waals surface area contributed by atoms with Crippen molar-refractivity contribution in [2.75, 3.05) is 0 Å². The first-order valence-corrected chi connectivity index (χ1v) is 6.94. The van der Waals surface area contributed by atoms with Crippen LogP contribution in [-0.2, 0) is 0 Å². The molecule has 1 nitrogen and oxygen atoms in total. The number of carbonyl (C=O) groups is 1. The molecule has 2 rings (SSSR count). The highest BCUT2D eigenvalue weighted by Crippen LogP contribution is 2.26. The molecule has 0 atom stereocenters. The average Bonchev–Trinajstić information content (AvgIpc) is 2.37. The largest absolute Gasteiger partial charge is 0.288 e. The van der Waals surface area contributed by atoms with Gasteiger partial charge in [-0.05, 0) is 52.7 Å². The predicted octanol–water partition coefficient (Wildman–Crippen LogP) is 5.03. The van der Waals surface area contributed by atoms with E-state index in [-0.39, 0.29) is 10.0 Å². The minimum atomic E-state index is -0.885. The van der Waals surface area contributed by atoms with E-state index in [1.54, 1.807) is 25.1 Å². The van der Waals surface area contributed by atoms with Crippen LogP contribution in [0.4, 0.5) is 8.78 Å². The molecule has 0 N–H and O–H groups in total. The summed E-state index contributed by atoms with van der Waals surface area (Å²) in [6, 6.07) is 7.32. The third kappa shape index (κ3) is 2.77. The summed E-state index contributed by atoms with van der Waals surface area (Å²) in [4.78, 5) is 12.3. The van der Waals surface area contributed by atoms with Crippen LogP contribution in [0, 0.1) is 18.6 Å². The first-order chi connectivity index (χ1) is 8.91. The fraction of sp³-hybridized carbons (Fsp3) is 0.0714. The zero-order valence-corrected chi connectivity index (χ0v) is 13.0. The minimum Gasteiger partial charge on any atom is -0.288 e. The van der Waals surface area contributed by atoms with E-state index in [9.17, 15) is 13.6 Å². The molecule has 0 aliphatic carbocycles. The molecule has 0 fully saturated rings. The zero-order chi connectivity index (χ0) is 14.2.